The number of guanidine groups is 2. The maximum absolute atomic E-state index is 7.45. The van der Waals surface area contributed by atoms with Crippen molar-refractivity contribution in [2.75, 3.05) is 6.54 Å². The van der Waals surface area contributed by atoms with E-state index in [4.69, 9.17) is 16.9 Å². The second-order valence-electron chi connectivity index (χ2n) is 3.29. The fraction of sp³-hybridized carbons (Fsp3) is 0.273. The van der Waals surface area contributed by atoms with Crippen LogP contribution in [0.5, 0.6) is 0 Å². The van der Waals surface area contributed by atoms with Gasteiger partial charge in [0.25, 0.3) is 0 Å². The maximum atomic E-state index is 7.45. The summed E-state index contributed by atoms with van der Waals surface area (Å²) in [6.07, 6.45) is 0. The molecule has 0 atom stereocenters. The molecular weight excluding hydrogens is 238 g/mol. The predicted molar refractivity (Wildman–Crippen MR) is 73.3 cm³/mol. The molecule has 6 heteroatoms. The van der Waals surface area contributed by atoms with Crippen molar-refractivity contribution >= 4 is 24.3 Å². The highest BCUT2D eigenvalue weighted by atomic mass is 35.5. The fourth-order valence-electron chi connectivity index (χ4n) is 1.30. The summed E-state index contributed by atoms with van der Waals surface area (Å²) in [5, 5.41) is 7.45. The van der Waals surface area contributed by atoms with Crippen molar-refractivity contribution in [1.29, 1.82) is 5.41 Å². The van der Waals surface area contributed by atoms with Crippen LogP contribution >= 0.6 is 12.4 Å². The van der Waals surface area contributed by atoms with Gasteiger partial charge in [-0.2, -0.15) is 0 Å². The number of hydrogen-bond acceptors (Lipinski definition) is 2. The van der Waals surface area contributed by atoms with Crippen LogP contribution in [0.1, 0.15) is 12.5 Å². The molecule has 1 rings (SSSR count). The molecule has 0 spiro atoms. The molecule has 17 heavy (non-hydrogen) atoms. The molecule has 1 aromatic carbocycles. The Balaban J connectivity index is 0.00000256. The zero-order valence-electron chi connectivity index (χ0n) is 9.76. The highest BCUT2D eigenvalue weighted by Crippen LogP contribution is 2.03. The molecule has 0 unspecified atom stereocenters. The van der Waals surface area contributed by atoms with Crippen LogP contribution < -0.4 is 11.5 Å². The Hall–Kier alpha value is -1.75. The third-order valence-electron chi connectivity index (χ3n) is 2.07. The SMILES string of the molecule is CCN=C(N)N(Cc1ccccc1)C(=N)N.Cl. The fourth-order valence-corrected chi connectivity index (χ4v) is 1.30. The minimum atomic E-state index is -0.0986. The number of nitrogens with zero attached hydrogens (tertiary/aromatic N) is 2. The Morgan fingerprint density at radius 1 is 1.29 bits per heavy atom. The second kappa shape index (κ2) is 7.51. The maximum Gasteiger partial charge on any atom is 0.198 e. The van der Waals surface area contributed by atoms with E-state index in [2.05, 4.69) is 4.99 Å². The summed E-state index contributed by atoms with van der Waals surface area (Å²) < 4.78 is 0. The van der Waals surface area contributed by atoms with Gasteiger partial charge in [-0.05, 0) is 12.5 Å². The quantitative estimate of drug-likeness (QED) is 0.559. The van der Waals surface area contributed by atoms with Gasteiger partial charge >= 0.3 is 0 Å². The van der Waals surface area contributed by atoms with Crippen molar-refractivity contribution in [3.8, 4) is 0 Å². The Kier molecular flexibility index (Phi) is 6.74. The van der Waals surface area contributed by atoms with E-state index >= 15 is 0 Å². The molecule has 1 aromatic rings. The third kappa shape index (κ3) is 4.74. The van der Waals surface area contributed by atoms with E-state index in [0.717, 1.165) is 5.56 Å². The molecule has 0 aliphatic rings. The van der Waals surface area contributed by atoms with Crippen LogP contribution in [0.2, 0.25) is 0 Å². The van der Waals surface area contributed by atoms with Gasteiger partial charge in [0.2, 0.25) is 0 Å². The molecule has 0 fully saturated rings. The van der Waals surface area contributed by atoms with Crippen molar-refractivity contribution in [2.45, 2.75) is 13.5 Å². The summed E-state index contributed by atoms with van der Waals surface area (Å²) in [5.74, 6) is 0.178. The average molecular weight is 256 g/mol. The molecule has 0 aromatic heterocycles. The number of nitrogens with one attached hydrogen (secondary N) is 1. The standard InChI is InChI=1S/C11H17N5.ClH/c1-2-15-11(14)16(10(12)13)8-9-6-4-3-5-7-9;/h3-7H,2,8H2,1H3,(H3,12,13)(H2,14,15);1H. The lowest BCUT2D eigenvalue weighted by molar-refractivity contribution is 0.583. The molecule has 5 nitrogen and oxygen atoms in total. The average Bonchev–Trinajstić information content (AvgIpc) is 2.27. The summed E-state index contributed by atoms with van der Waals surface area (Å²) in [6, 6.07) is 9.71. The van der Waals surface area contributed by atoms with E-state index in [-0.39, 0.29) is 24.3 Å². The van der Waals surface area contributed by atoms with Crippen LogP contribution in [0, 0.1) is 5.41 Å². The first-order chi connectivity index (χ1) is 7.65. The summed E-state index contributed by atoms with van der Waals surface area (Å²) in [4.78, 5) is 5.51. The van der Waals surface area contributed by atoms with Crippen LogP contribution in [0.4, 0.5) is 0 Å². The lowest BCUT2D eigenvalue weighted by Gasteiger charge is -2.21. The number of halogens is 1. The Bertz CT molecular complexity index is 377. The van der Waals surface area contributed by atoms with Crippen molar-refractivity contribution in [3.05, 3.63) is 35.9 Å². The first-order valence-corrected chi connectivity index (χ1v) is 5.10. The molecule has 0 aliphatic carbocycles. The predicted octanol–water partition coefficient (Wildman–Crippen LogP) is 1.14. The van der Waals surface area contributed by atoms with Crippen molar-refractivity contribution in [1.82, 2.24) is 4.90 Å². The summed E-state index contributed by atoms with van der Waals surface area (Å²) in [6.45, 7) is 2.92. The van der Waals surface area contributed by atoms with Gasteiger partial charge in [0.15, 0.2) is 11.9 Å². The normalized spacial score (nSPS) is 10.5. The van der Waals surface area contributed by atoms with Crippen molar-refractivity contribution < 1.29 is 0 Å². The number of hydrogen-bond donors (Lipinski definition) is 3. The van der Waals surface area contributed by atoms with Crippen LogP contribution in [0.3, 0.4) is 0 Å². The van der Waals surface area contributed by atoms with E-state index in [9.17, 15) is 0 Å². The zero-order valence-corrected chi connectivity index (χ0v) is 10.6. The van der Waals surface area contributed by atoms with E-state index in [1.807, 2.05) is 37.3 Å². The van der Waals surface area contributed by atoms with E-state index < -0.39 is 0 Å². The van der Waals surface area contributed by atoms with Gasteiger partial charge in [-0.3, -0.25) is 15.3 Å². The molecular formula is C11H18ClN5. The molecule has 0 saturated heterocycles. The smallest absolute Gasteiger partial charge is 0.198 e. The van der Waals surface area contributed by atoms with Gasteiger partial charge in [0, 0.05) is 6.54 Å². The number of rotatable bonds is 3. The van der Waals surface area contributed by atoms with Gasteiger partial charge in [0.1, 0.15) is 0 Å². The van der Waals surface area contributed by atoms with Crippen LogP contribution in [-0.4, -0.2) is 23.4 Å². The minimum absolute atomic E-state index is 0. The van der Waals surface area contributed by atoms with E-state index in [1.54, 1.807) is 0 Å². The monoisotopic (exact) mass is 255 g/mol. The van der Waals surface area contributed by atoms with Gasteiger partial charge in [0.05, 0.1) is 6.54 Å². The number of nitrogens with two attached hydrogens (primary N) is 2. The molecule has 0 heterocycles. The highest BCUT2D eigenvalue weighted by molar-refractivity contribution is 5.95. The molecule has 94 valence electrons. The molecule has 0 saturated carbocycles. The lowest BCUT2D eigenvalue weighted by atomic mass is 10.2. The van der Waals surface area contributed by atoms with Gasteiger partial charge in [-0.15, -0.1) is 12.4 Å². The second-order valence-corrected chi connectivity index (χ2v) is 3.29. The largest absolute Gasteiger partial charge is 0.370 e. The van der Waals surface area contributed by atoms with Crippen LogP contribution in [0.25, 0.3) is 0 Å². The molecule has 0 bridgehead atoms. The van der Waals surface area contributed by atoms with Gasteiger partial charge < -0.3 is 11.5 Å². The molecule has 0 amide bonds. The third-order valence-corrected chi connectivity index (χ3v) is 2.07. The summed E-state index contributed by atoms with van der Waals surface area (Å²) in [5.41, 5.74) is 12.2. The van der Waals surface area contributed by atoms with Gasteiger partial charge in [-0.1, -0.05) is 30.3 Å². The first-order valence-electron chi connectivity index (χ1n) is 5.10. The first kappa shape index (κ1) is 15.2. The van der Waals surface area contributed by atoms with Crippen LogP contribution in [-0.2, 0) is 6.54 Å². The van der Waals surface area contributed by atoms with E-state index in [1.165, 1.54) is 4.90 Å². The van der Waals surface area contributed by atoms with Crippen LogP contribution in [0.15, 0.2) is 35.3 Å². The highest BCUT2D eigenvalue weighted by Gasteiger charge is 2.10. The number of benzene rings is 1. The topological polar surface area (TPSA) is 91.5 Å². The lowest BCUT2D eigenvalue weighted by Crippen LogP contribution is -2.45. The van der Waals surface area contributed by atoms with Crippen molar-refractivity contribution in [2.24, 2.45) is 16.5 Å². The Morgan fingerprint density at radius 3 is 2.35 bits per heavy atom. The summed E-state index contributed by atoms with van der Waals surface area (Å²) in [7, 11) is 0. The van der Waals surface area contributed by atoms with Crippen molar-refractivity contribution in [3.63, 3.8) is 0 Å². The molecule has 5 N–H and O–H groups in total. The minimum Gasteiger partial charge on any atom is -0.370 e. The molecule has 0 radical (unpaired) electrons. The summed E-state index contributed by atoms with van der Waals surface area (Å²) >= 11 is 0. The Labute approximate surface area is 107 Å². The van der Waals surface area contributed by atoms with E-state index in [0.29, 0.717) is 13.1 Å². The number of aliphatic imine (C=N–C) groups is 1. The molecule has 0 aliphatic heterocycles. The Morgan fingerprint density at radius 2 is 1.88 bits per heavy atom. The van der Waals surface area contributed by atoms with Gasteiger partial charge in [-0.25, -0.2) is 0 Å². The zero-order chi connectivity index (χ0) is 12.0.